The van der Waals surface area contributed by atoms with Crippen molar-refractivity contribution in [3.05, 3.63) is 78.1 Å². The van der Waals surface area contributed by atoms with Gasteiger partial charge in [0.25, 0.3) is 0 Å². The molecule has 0 radical (unpaired) electrons. The molecule has 1 aromatic heterocycles. The van der Waals surface area contributed by atoms with E-state index in [2.05, 4.69) is 64.9 Å². The Bertz CT molecular complexity index is 728. The summed E-state index contributed by atoms with van der Waals surface area (Å²) in [6.45, 7) is 2.03. The predicted molar refractivity (Wildman–Crippen MR) is 105 cm³/mol. The van der Waals surface area contributed by atoms with Crippen molar-refractivity contribution in [3.63, 3.8) is 0 Å². The zero-order chi connectivity index (χ0) is 15.7. The van der Waals surface area contributed by atoms with E-state index in [1.165, 1.54) is 47.6 Å². The zero-order valence-corrected chi connectivity index (χ0v) is 14.8. The number of pyridine rings is 1. The van der Waals surface area contributed by atoms with Crippen molar-refractivity contribution in [1.29, 1.82) is 0 Å². The van der Waals surface area contributed by atoms with Gasteiger partial charge in [-0.1, -0.05) is 48.9 Å². The van der Waals surface area contributed by atoms with Crippen LogP contribution in [-0.2, 0) is 13.0 Å². The van der Waals surface area contributed by atoms with E-state index in [9.17, 15) is 0 Å². The van der Waals surface area contributed by atoms with Crippen molar-refractivity contribution in [2.24, 2.45) is 0 Å². The molecule has 3 rings (SSSR count). The number of benzene rings is 2. The summed E-state index contributed by atoms with van der Waals surface area (Å²) in [5.41, 5.74) is 2.79. The zero-order valence-electron chi connectivity index (χ0n) is 13.9. The summed E-state index contributed by atoms with van der Waals surface area (Å²) in [4.78, 5) is 4.15. The molecule has 2 aromatic carbocycles. The average molecular weight is 341 g/mol. The third-order valence-electron chi connectivity index (χ3n) is 4.20. The molecule has 2 nitrogen and oxygen atoms in total. The molecule has 3 heteroatoms. The van der Waals surface area contributed by atoms with Crippen LogP contribution in [-0.4, -0.2) is 11.5 Å². The quantitative estimate of drug-likeness (QED) is 0.573. The first kappa shape index (κ1) is 18.4. The van der Waals surface area contributed by atoms with Crippen LogP contribution < -0.4 is 5.32 Å². The highest BCUT2D eigenvalue weighted by Crippen LogP contribution is 2.14. The molecule has 0 unspecified atom stereocenters. The van der Waals surface area contributed by atoms with Crippen LogP contribution in [0.5, 0.6) is 0 Å². The number of unbranched alkanes of at least 4 members (excludes halogenated alkanes) is 2. The van der Waals surface area contributed by atoms with Crippen molar-refractivity contribution in [2.45, 2.75) is 32.2 Å². The summed E-state index contributed by atoms with van der Waals surface area (Å²) in [6, 6.07) is 19.4. The van der Waals surface area contributed by atoms with Gasteiger partial charge in [-0.15, -0.1) is 12.4 Å². The van der Waals surface area contributed by atoms with E-state index in [1.807, 2.05) is 12.4 Å². The maximum Gasteiger partial charge on any atom is 0.0346 e. The second-order valence-corrected chi connectivity index (χ2v) is 6.03. The molecule has 0 bridgehead atoms. The molecule has 0 aliphatic heterocycles. The molecule has 0 amide bonds. The Hall–Kier alpha value is -1.90. The van der Waals surface area contributed by atoms with Crippen LogP contribution in [0.4, 0.5) is 0 Å². The average Bonchev–Trinajstić information content (AvgIpc) is 2.61. The second-order valence-electron chi connectivity index (χ2n) is 6.03. The van der Waals surface area contributed by atoms with Gasteiger partial charge in [-0.2, -0.15) is 0 Å². The maximum absolute atomic E-state index is 4.15. The van der Waals surface area contributed by atoms with Gasteiger partial charge in [0.05, 0.1) is 0 Å². The lowest BCUT2D eigenvalue weighted by atomic mass is 10.1. The van der Waals surface area contributed by atoms with Crippen molar-refractivity contribution < 1.29 is 0 Å². The predicted octanol–water partition coefficient (Wildman–Crippen LogP) is 5.16. The van der Waals surface area contributed by atoms with Gasteiger partial charge in [-0.3, -0.25) is 4.98 Å². The van der Waals surface area contributed by atoms with Crippen molar-refractivity contribution in [2.75, 3.05) is 6.54 Å². The van der Waals surface area contributed by atoms with Crippen LogP contribution in [0.1, 0.15) is 30.4 Å². The van der Waals surface area contributed by atoms with Crippen LogP contribution in [0.15, 0.2) is 67.0 Å². The minimum Gasteiger partial charge on any atom is -0.313 e. The van der Waals surface area contributed by atoms with Crippen LogP contribution in [0.3, 0.4) is 0 Å². The van der Waals surface area contributed by atoms with Crippen molar-refractivity contribution in [3.8, 4) is 0 Å². The number of aryl methyl sites for hydroxylation is 1. The Morgan fingerprint density at radius 2 is 1.67 bits per heavy atom. The summed E-state index contributed by atoms with van der Waals surface area (Å²) in [7, 11) is 0. The minimum atomic E-state index is 0. The molecule has 0 spiro atoms. The van der Waals surface area contributed by atoms with Crippen LogP contribution in [0, 0.1) is 0 Å². The first-order chi connectivity index (χ1) is 11.4. The highest BCUT2D eigenvalue weighted by atomic mass is 35.5. The largest absolute Gasteiger partial charge is 0.313 e. The summed E-state index contributed by atoms with van der Waals surface area (Å²) < 4.78 is 0. The van der Waals surface area contributed by atoms with E-state index in [0.717, 1.165) is 13.1 Å². The van der Waals surface area contributed by atoms with Gasteiger partial charge in [0.1, 0.15) is 0 Å². The van der Waals surface area contributed by atoms with Crippen LogP contribution in [0.25, 0.3) is 10.8 Å². The van der Waals surface area contributed by atoms with Gasteiger partial charge in [0, 0.05) is 24.3 Å². The number of fused-ring (bicyclic) bond motifs is 1. The number of hydrogen-bond donors (Lipinski definition) is 1. The van der Waals surface area contributed by atoms with E-state index >= 15 is 0 Å². The van der Waals surface area contributed by atoms with E-state index in [4.69, 9.17) is 0 Å². The first-order valence-corrected chi connectivity index (χ1v) is 8.49. The molecule has 1 N–H and O–H groups in total. The van der Waals surface area contributed by atoms with E-state index < -0.39 is 0 Å². The fourth-order valence-corrected chi connectivity index (χ4v) is 2.88. The number of rotatable bonds is 8. The molecule has 126 valence electrons. The van der Waals surface area contributed by atoms with Crippen LogP contribution >= 0.6 is 12.4 Å². The fraction of sp³-hybridized carbons (Fsp3) is 0.286. The molecule has 1 heterocycles. The summed E-state index contributed by atoms with van der Waals surface area (Å²) in [5, 5.41) is 6.02. The monoisotopic (exact) mass is 340 g/mol. The molecule has 0 aliphatic rings. The third-order valence-corrected chi connectivity index (χ3v) is 4.20. The Balaban J connectivity index is 0.00000208. The number of hydrogen-bond acceptors (Lipinski definition) is 2. The standard InChI is InChI=1S/C21H24N2.ClH/c1-3-7-18(8-4-1)9-5-2-6-13-22-16-19-10-11-21-17-23-14-12-20(21)15-19;/h1,3-4,7-8,10-12,14-15,17,22H,2,5-6,9,13,16H2;1H. The normalized spacial score (nSPS) is 10.5. The lowest BCUT2D eigenvalue weighted by Gasteiger charge is -2.06. The maximum atomic E-state index is 4.15. The Labute approximate surface area is 150 Å². The van der Waals surface area contributed by atoms with Crippen molar-refractivity contribution in [1.82, 2.24) is 10.3 Å². The molecule has 0 atom stereocenters. The lowest BCUT2D eigenvalue weighted by Crippen LogP contribution is -2.14. The third kappa shape index (κ3) is 5.63. The van der Waals surface area contributed by atoms with E-state index in [1.54, 1.807) is 0 Å². The van der Waals surface area contributed by atoms with Gasteiger partial charge < -0.3 is 5.32 Å². The SMILES string of the molecule is Cl.c1ccc(CCCCCNCc2ccc3cnccc3c2)cc1. The number of nitrogens with zero attached hydrogens (tertiary/aromatic N) is 1. The first-order valence-electron chi connectivity index (χ1n) is 8.49. The Morgan fingerprint density at radius 1 is 0.792 bits per heavy atom. The Morgan fingerprint density at radius 3 is 2.54 bits per heavy atom. The van der Waals surface area contributed by atoms with Gasteiger partial charge in [0.2, 0.25) is 0 Å². The molecule has 0 aliphatic carbocycles. The topological polar surface area (TPSA) is 24.9 Å². The van der Waals surface area contributed by atoms with Crippen molar-refractivity contribution >= 4 is 23.2 Å². The van der Waals surface area contributed by atoms with E-state index in [-0.39, 0.29) is 12.4 Å². The van der Waals surface area contributed by atoms with E-state index in [0.29, 0.717) is 0 Å². The summed E-state index contributed by atoms with van der Waals surface area (Å²) in [5.74, 6) is 0. The molecule has 0 saturated carbocycles. The van der Waals surface area contributed by atoms with Crippen LogP contribution in [0.2, 0.25) is 0 Å². The minimum absolute atomic E-state index is 0. The number of halogens is 1. The second kappa shape index (κ2) is 10.1. The Kier molecular flexibility index (Phi) is 7.73. The van der Waals surface area contributed by atoms with Gasteiger partial charge >= 0.3 is 0 Å². The molecular formula is C21H25ClN2. The van der Waals surface area contributed by atoms with Gasteiger partial charge in [-0.05, 0) is 54.5 Å². The highest BCUT2D eigenvalue weighted by molar-refractivity contribution is 5.85. The summed E-state index contributed by atoms with van der Waals surface area (Å²) >= 11 is 0. The lowest BCUT2D eigenvalue weighted by molar-refractivity contribution is 0.603. The molecule has 24 heavy (non-hydrogen) atoms. The summed E-state index contributed by atoms with van der Waals surface area (Å²) in [6.07, 6.45) is 8.76. The fourth-order valence-electron chi connectivity index (χ4n) is 2.88. The van der Waals surface area contributed by atoms with Gasteiger partial charge in [-0.25, -0.2) is 0 Å². The molecule has 3 aromatic rings. The highest BCUT2D eigenvalue weighted by Gasteiger charge is 1.97. The molecule has 0 saturated heterocycles. The number of aromatic nitrogens is 1. The number of nitrogens with one attached hydrogen (secondary N) is 1. The molecule has 0 fully saturated rings. The van der Waals surface area contributed by atoms with Gasteiger partial charge in [0.15, 0.2) is 0 Å². The smallest absolute Gasteiger partial charge is 0.0346 e. The molecular weight excluding hydrogens is 316 g/mol.